The number of thioether (sulfide) groups is 1. The van der Waals surface area contributed by atoms with Crippen LogP contribution >= 0.6 is 11.8 Å². The van der Waals surface area contributed by atoms with E-state index in [1.807, 2.05) is 4.90 Å². The van der Waals surface area contributed by atoms with Crippen LogP contribution in [0.1, 0.15) is 33.6 Å². The first-order chi connectivity index (χ1) is 9.61. The maximum atomic E-state index is 12.2. The van der Waals surface area contributed by atoms with Crippen LogP contribution in [0.3, 0.4) is 0 Å². The Labute approximate surface area is 126 Å². The van der Waals surface area contributed by atoms with Gasteiger partial charge in [0.25, 0.3) is 0 Å². The summed E-state index contributed by atoms with van der Waals surface area (Å²) in [4.78, 5) is 18.3. The van der Waals surface area contributed by atoms with Crippen LogP contribution in [0.15, 0.2) is 16.0 Å². The van der Waals surface area contributed by atoms with Crippen molar-refractivity contribution in [3.8, 4) is 0 Å². The summed E-state index contributed by atoms with van der Waals surface area (Å²) in [6, 6.07) is -0.0646. The van der Waals surface area contributed by atoms with E-state index in [9.17, 15) is 4.79 Å². The van der Waals surface area contributed by atoms with Crippen molar-refractivity contribution in [1.82, 2.24) is 10.2 Å². The molecule has 5 heteroatoms. The van der Waals surface area contributed by atoms with Gasteiger partial charge in [0.1, 0.15) is 0 Å². The molecular weight excluding hydrogens is 270 g/mol. The number of allylic oxidation sites excluding steroid dienone is 1. The van der Waals surface area contributed by atoms with Crippen LogP contribution in [-0.2, 0) is 0 Å². The van der Waals surface area contributed by atoms with E-state index in [0.29, 0.717) is 11.8 Å². The zero-order chi connectivity index (χ0) is 14.5. The number of piperazine rings is 1. The van der Waals surface area contributed by atoms with Gasteiger partial charge in [-0.05, 0) is 23.7 Å². The molecule has 1 atom stereocenters. The summed E-state index contributed by atoms with van der Waals surface area (Å²) in [5.41, 5.74) is 1.51. The Morgan fingerprint density at radius 1 is 1.50 bits per heavy atom. The normalized spacial score (nSPS) is 26.0. The molecule has 0 aromatic rings. The molecule has 2 rings (SSSR count). The summed E-state index contributed by atoms with van der Waals surface area (Å²) in [6.45, 7) is 9.98. The minimum absolute atomic E-state index is 0.0646. The molecule has 112 valence electrons. The van der Waals surface area contributed by atoms with Crippen LogP contribution in [0.5, 0.6) is 0 Å². The lowest BCUT2D eigenvalue weighted by atomic mass is 9.87. The van der Waals surface area contributed by atoms with E-state index < -0.39 is 0 Å². The zero-order valence-electron chi connectivity index (χ0n) is 12.7. The molecule has 2 aliphatic rings. The highest BCUT2D eigenvalue weighted by atomic mass is 32.2. The Morgan fingerprint density at radius 3 is 2.80 bits per heavy atom. The van der Waals surface area contributed by atoms with Crippen molar-refractivity contribution in [2.45, 2.75) is 33.6 Å². The van der Waals surface area contributed by atoms with Crippen molar-refractivity contribution in [2.75, 3.05) is 26.2 Å². The van der Waals surface area contributed by atoms with Crippen molar-refractivity contribution < 1.29 is 4.79 Å². The van der Waals surface area contributed by atoms with E-state index in [4.69, 9.17) is 0 Å². The number of carbonyl (C=O) groups excluding carboxylic acids is 1. The lowest BCUT2D eigenvalue weighted by Crippen LogP contribution is -2.45. The predicted octanol–water partition coefficient (Wildman–Crippen LogP) is 3.11. The fourth-order valence-electron chi connectivity index (χ4n) is 2.70. The number of amides is 2. The topological polar surface area (TPSA) is 44.7 Å². The highest BCUT2D eigenvalue weighted by molar-refractivity contribution is 8.16. The second-order valence-electron chi connectivity index (χ2n) is 5.72. The summed E-state index contributed by atoms with van der Waals surface area (Å²) in [5.74, 6) is 1.13. The van der Waals surface area contributed by atoms with Gasteiger partial charge in [0.05, 0.1) is 5.04 Å². The smallest absolute Gasteiger partial charge is 0.320 e. The molecule has 1 unspecified atom stereocenters. The van der Waals surface area contributed by atoms with E-state index >= 15 is 0 Å². The molecular formula is C15H25N3OS. The van der Waals surface area contributed by atoms with Gasteiger partial charge in [-0.2, -0.15) is 4.99 Å². The third-order valence-electron chi connectivity index (χ3n) is 3.99. The first-order valence-electron chi connectivity index (χ1n) is 7.55. The number of urea groups is 1. The van der Waals surface area contributed by atoms with Crippen LogP contribution in [0.2, 0.25) is 0 Å². The molecule has 2 aliphatic heterocycles. The average molecular weight is 295 g/mol. The van der Waals surface area contributed by atoms with Crippen LogP contribution in [0.4, 0.5) is 4.79 Å². The molecule has 0 spiro atoms. The van der Waals surface area contributed by atoms with Crippen LogP contribution < -0.4 is 5.32 Å². The number of carbonyl (C=O) groups is 1. The number of rotatable bonds is 2. The molecule has 4 nitrogen and oxygen atoms in total. The molecule has 0 aromatic carbocycles. The van der Waals surface area contributed by atoms with E-state index in [2.05, 4.69) is 36.5 Å². The van der Waals surface area contributed by atoms with Crippen LogP contribution in [0, 0.1) is 11.8 Å². The molecule has 1 N–H and O–H groups in total. The predicted molar refractivity (Wildman–Crippen MR) is 86.2 cm³/mol. The Morgan fingerprint density at radius 2 is 2.20 bits per heavy atom. The Balaban J connectivity index is 2.02. The Hall–Kier alpha value is -0.810. The van der Waals surface area contributed by atoms with Gasteiger partial charge < -0.3 is 10.2 Å². The average Bonchev–Trinajstić information content (AvgIpc) is 2.47. The number of nitrogens with zero attached hydrogens (tertiary/aromatic N) is 2. The number of nitrogens with one attached hydrogen (secondary N) is 1. The van der Waals surface area contributed by atoms with E-state index in [-0.39, 0.29) is 6.03 Å². The fourth-order valence-corrected chi connectivity index (χ4v) is 3.87. The van der Waals surface area contributed by atoms with Gasteiger partial charge in [-0.1, -0.05) is 38.1 Å². The van der Waals surface area contributed by atoms with Gasteiger partial charge in [0, 0.05) is 32.6 Å². The summed E-state index contributed by atoms with van der Waals surface area (Å²) in [6.07, 6.45) is 2.04. The largest absolute Gasteiger partial charge is 0.344 e. The minimum Gasteiger partial charge on any atom is -0.320 e. The molecule has 20 heavy (non-hydrogen) atoms. The highest BCUT2D eigenvalue weighted by Gasteiger charge is 2.24. The highest BCUT2D eigenvalue weighted by Crippen LogP contribution is 2.35. The lowest BCUT2D eigenvalue weighted by Gasteiger charge is -2.28. The maximum Gasteiger partial charge on any atom is 0.344 e. The summed E-state index contributed by atoms with van der Waals surface area (Å²) in [5, 5.41) is 6.44. The fraction of sp³-hybridized carbons (Fsp3) is 0.733. The van der Waals surface area contributed by atoms with Gasteiger partial charge in [0.2, 0.25) is 0 Å². The van der Waals surface area contributed by atoms with Crippen molar-refractivity contribution >= 4 is 22.8 Å². The molecule has 1 saturated heterocycles. The van der Waals surface area contributed by atoms with Gasteiger partial charge in [-0.25, -0.2) is 4.79 Å². The third-order valence-corrected chi connectivity index (χ3v) is 4.91. The summed E-state index contributed by atoms with van der Waals surface area (Å²) in [7, 11) is 0. The van der Waals surface area contributed by atoms with Gasteiger partial charge in [0.15, 0.2) is 0 Å². The first kappa shape index (κ1) is 15.6. The number of hydrogen-bond acceptors (Lipinski definition) is 3. The Kier molecular flexibility index (Phi) is 5.66. The minimum atomic E-state index is -0.0646. The number of hydrogen-bond donors (Lipinski definition) is 1. The van der Waals surface area contributed by atoms with Crippen molar-refractivity contribution in [3.63, 3.8) is 0 Å². The lowest BCUT2D eigenvalue weighted by molar-refractivity contribution is 0.200. The molecule has 0 aliphatic carbocycles. The van der Waals surface area contributed by atoms with Crippen molar-refractivity contribution in [3.05, 3.63) is 11.0 Å². The van der Waals surface area contributed by atoms with Gasteiger partial charge >= 0.3 is 6.03 Å². The van der Waals surface area contributed by atoms with Crippen molar-refractivity contribution in [2.24, 2.45) is 16.8 Å². The molecule has 2 amide bonds. The second kappa shape index (κ2) is 7.27. The summed E-state index contributed by atoms with van der Waals surface area (Å²) < 4.78 is 0. The van der Waals surface area contributed by atoms with E-state index in [0.717, 1.165) is 44.1 Å². The molecule has 2 heterocycles. The quantitative estimate of drug-likeness (QED) is 0.851. The van der Waals surface area contributed by atoms with Gasteiger partial charge in [-0.3, -0.25) is 0 Å². The Bertz CT molecular complexity index is 411. The number of aliphatic imine (C=N–C) groups is 1. The van der Waals surface area contributed by atoms with E-state index in [1.165, 1.54) is 5.57 Å². The molecule has 1 fully saturated rings. The zero-order valence-corrected chi connectivity index (χ0v) is 13.5. The van der Waals surface area contributed by atoms with Crippen molar-refractivity contribution in [1.29, 1.82) is 0 Å². The third kappa shape index (κ3) is 3.85. The monoisotopic (exact) mass is 295 g/mol. The maximum absolute atomic E-state index is 12.2. The van der Waals surface area contributed by atoms with Crippen LogP contribution in [0.25, 0.3) is 0 Å². The molecule has 0 saturated carbocycles. The molecule has 0 aromatic heterocycles. The van der Waals surface area contributed by atoms with Gasteiger partial charge in [-0.15, -0.1) is 0 Å². The summed E-state index contributed by atoms with van der Waals surface area (Å²) >= 11 is 1.64. The molecule has 0 radical (unpaired) electrons. The standard InChI is InChI=1S/C15H25N3OS/c1-4-12-9-14(20-10-13(12)11(2)3)17-15(19)18-7-5-16-6-8-18/h10-12,16H,4-9H2,1-3H3. The SMILES string of the molecule is CCC1CC(=NC(=O)N2CCNCC2)SC=C1C(C)C. The van der Waals surface area contributed by atoms with Crippen LogP contribution in [-0.4, -0.2) is 42.2 Å². The second-order valence-corrected chi connectivity index (χ2v) is 6.67. The van der Waals surface area contributed by atoms with E-state index in [1.54, 1.807) is 11.8 Å². The molecule has 0 bridgehead atoms. The first-order valence-corrected chi connectivity index (χ1v) is 8.43.